The fourth-order valence-corrected chi connectivity index (χ4v) is 4.48. The van der Waals surface area contributed by atoms with E-state index in [1.54, 1.807) is 28.5 Å². The van der Waals surface area contributed by atoms with E-state index in [1.165, 1.54) is 4.90 Å². The van der Waals surface area contributed by atoms with Crippen molar-refractivity contribution in [3.8, 4) is 11.4 Å². The van der Waals surface area contributed by atoms with Crippen LogP contribution in [0.25, 0.3) is 5.69 Å². The number of ether oxygens (including phenoxy) is 1. The van der Waals surface area contributed by atoms with E-state index < -0.39 is 11.8 Å². The van der Waals surface area contributed by atoms with Gasteiger partial charge in [-0.25, -0.2) is 4.68 Å². The lowest BCUT2D eigenvalue weighted by atomic mass is 10.2. The van der Waals surface area contributed by atoms with Crippen LogP contribution in [0.15, 0.2) is 24.3 Å². The first-order valence-electron chi connectivity index (χ1n) is 9.31. The van der Waals surface area contributed by atoms with Crippen LogP contribution in [0.4, 0.5) is 5.82 Å². The maximum atomic E-state index is 12.7. The number of hydrogen-bond acceptors (Lipinski definition) is 5. The summed E-state index contributed by atoms with van der Waals surface area (Å²) in [5.74, 6) is 1.83. The second kappa shape index (κ2) is 7.84. The summed E-state index contributed by atoms with van der Waals surface area (Å²) in [6.45, 7) is 2.91. The summed E-state index contributed by atoms with van der Waals surface area (Å²) in [6, 6.07) is 7.46. The Balaban J connectivity index is 1.58. The molecule has 2 aliphatic rings. The number of fused-ring (bicyclic) bond motifs is 1. The Hall–Kier alpha value is -2.52. The lowest BCUT2D eigenvalue weighted by Gasteiger charge is -2.29. The highest BCUT2D eigenvalue weighted by Crippen LogP contribution is 2.36. The molecule has 3 heterocycles. The maximum Gasteiger partial charge on any atom is 0.315 e. The largest absolute Gasteiger partial charge is 0.497 e. The smallest absolute Gasteiger partial charge is 0.315 e. The molecule has 0 aliphatic carbocycles. The third kappa shape index (κ3) is 3.59. The molecular weight excluding hydrogens is 378 g/mol. The number of benzene rings is 1. The van der Waals surface area contributed by atoms with Crippen LogP contribution in [-0.4, -0.2) is 66.8 Å². The Bertz CT molecular complexity index is 888. The Morgan fingerprint density at radius 2 is 1.89 bits per heavy atom. The van der Waals surface area contributed by atoms with Gasteiger partial charge in [-0.2, -0.15) is 16.9 Å². The number of anilines is 1. The third-order valence-corrected chi connectivity index (χ3v) is 6.17. The van der Waals surface area contributed by atoms with Crippen molar-refractivity contribution in [1.29, 1.82) is 0 Å². The molecule has 0 saturated carbocycles. The van der Waals surface area contributed by atoms with E-state index in [0.29, 0.717) is 18.9 Å². The summed E-state index contributed by atoms with van der Waals surface area (Å²) in [4.78, 5) is 28.3. The molecule has 2 N–H and O–H groups in total. The molecular formula is C19H24N5O3S+. The number of thioether (sulfide) groups is 1. The van der Waals surface area contributed by atoms with Crippen LogP contribution in [0.3, 0.4) is 0 Å². The van der Waals surface area contributed by atoms with Crippen molar-refractivity contribution in [2.75, 3.05) is 45.7 Å². The molecule has 2 aromatic rings. The van der Waals surface area contributed by atoms with E-state index in [4.69, 9.17) is 4.74 Å². The molecule has 0 radical (unpaired) electrons. The van der Waals surface area contributed by atoms with Crippen molar-refractivity contribution < 1.29 is 19.2 Å². The highest BCUT2D eigenvalue weighted by atomic mass is 32.2. The average Bonchev–Trinajstić information content (AvgIpc) is 3.31. The molecule has 8 nitrogen and oxygen atoms in total. The zero-order chi connectivity index (χ0) is 19.7. The van der Waals surface area contributed by atoms with Crippen molar-refractivity contribution in [2.24, 2.45) is 0 Å². The predicted octanol–water partition coefficient (Wildman–Crippen LogP) is -0.0769. The zero-order valence-electron chi connectivity index (χ0n) is 16.0. The molecule has 0 bridgehead atoms. The van der Waals surface area contributed by atoms with Crippen molar-refractivity contribution in [3.63, 3.8) is 0 Å². The molecule has 0 unspecified atom stereocenters. The van der Waals surface area contributed by atoms with E-state index in [-0.39, 0.29) is 0 Å². The summed E-state index contributed by atoms with van der Waals surface area (Å²) in [6.07, 6.45) is 0. The molecule has 2 aliphatic heterocycles. The van der Waals surface area contributed by atoms with Crippen LogP contribution in [0.1, 0.15) is 11.3 Å². The fourth-order valence-electron chi connectivity index (χ4n) is 3.45. The average molecular weight is 403 g/mol. The molecule has 28 heavy (non-hydrogen) atoms. The van der Waals surface area contributed by atoms with Crippen LogP contribution in [-0.2, 0) is 21.1 Å². The number of rotatable bonds is 3. The molecule has 1 saturated heterocycles. The molecule has 9 heteroatoms. The highest BCUT2D eigenvalue weighted by Gasteiger charge is 2.30. The van der Waals surface area contributed by atoms with Gasteiger partial charge in [0.1, 0.15) is 11.6 Å². The normalized spacial score (nSPS) is 16.7. The van der Waals surface area contributed by atoms with Crippen molar-refractivity contribution >= 4 is 29.4 Å². The van der Waals surface area contributed by atoms with E-state index >= 15 is 0 Å². The van der Waals surface area contributed by atoms with Gasteiger partial charge in [0.05, 0.1) is 51.7 Å². The minimum Gasteiger partial charge on any atom is -0.497 e. The Morgan fingerprint density at radius 3 is 2.57 bits per heavy atom. The number of carbonyl (C=O) groups is 2. The number of amides is 2. The Kier molecular flexibility index (Phi) is 5.27. The molecule has 2 amide bonds. The van der Waals surface area contributed by atoms with Crippen LogP contribution in [0.5, 0.6) is 5.75 Å². The van der Waals surface area contributed by atoms with Crippen molar-refractivity contribution in [3.05, 3.63) is 35.5 Å². The van der Waals surface area contributed by atoms with Crippen molar-refractivity contribution in [1.82, 2.24) is 14.7 Å². The maximum absolute atomic E-state index is 12.7. The topological polar surface area (TPSA) is 80.9 Å². The molecule has 1 fully saturated rings. The first-order valence-corrected chi connectivity index (χ1v) is 10.5. The lowest BCUT2D eigenvalue weighted by Crippen LogP contribution is -3.12. The number of hydrogen-bond donors (Lipinski definition) is 2. The van der Waals surface area contributed by atoms with E-state index in [1.807, 2.05) is 24.3 Å². The summed E-state index contributed by atoms with van der Waals surface area (Å²) >= 11 is 1.75. The third-order valence-electron chi connectivity index (χ3n) is 5.20. The Morgan fingerprint density at radius 1 is 1.18 bits per heavy atom. The van der Waals surface area contributed by atoms with Gasteiger partial charge in [0.15, 0.2) is 0 Å². The summed E-state index contributed by atoms with van der Waals surface area (Å²) < 4.78 is 6.92. The van der Waals surface area contributed by atoms with Crippen LogP contribution in [0.2, 0.25) is 0 Å². The number of aromatic nitrogens is 2. The van der Waals surface area contributed by atoms with Gasteiger partial charge >= 0.3 is 11.8 Å². The predicted molar refractivity (Wildman–Crippen MR) is 107 cm³/mol. The van der Waals surface area contributed by atoms with Gasteiger partial charge in [-0.15, -0.1) is 0 Å². The van der Waals surface area contributed by atoms with Gasteiger partial charge in [0, 0.05) is 17.1 Å². The standard InChI is InChI=1S/C19H23N5O3S/c1-22-7-9-23(10-8-22)19(26)18(25)20-17-15-11-28-12-16(15)21-24(17)13-3-5-14(27-2)6-4-13/h3-6H,7-12H2,1-2H3,(H,20,25)/p+1. The molecule has 1 aromatic carbocycles. The number of quaternary nitrogens is 1. The molecule has 0 spiro atoms. The van der Waals surface area contributed by atoms with Crippen LogP contribution < -0.4 is 15.0 Å². The first kappa shape index (κ1) is 18.8. The molecule has 1 aromatic heterocycles. The SMILES string of the molecule is COc1ccc(-n2nc3c(c2NC(=O)C(=O)N2CC[NH+](C)CC2)CSC3)cc1. The highest BCUT2D eigenvalue weighted by molar-refractivity contribution is 7.98. The summed E-state index contributed by atoms with van der Waals surface area (Å²) in [5, 5.41) is 7.51. The molecule has 4 rings (SSSR count). The number of carbonyl (C=O) groups excluding carboxylic acids is 2. The van der Waals surface area contributed by atoms with Gasteiger partial charge < -0.3 is 19.9 Å². The van der Waals surface area contributed by atoms with Gasteiger partial charge in [-0.3, -0.25) is 9.59 Å². The summed E-state index contributed by atoms with van der Waals surface area (Å²) in [5.41, 5.74) is 2.75. The quantitative estimate of drug-likeness (QED) is 0.703. The fraction of sp³-hybridized carbons (Fsp3) is 0.421. The van der Waals surface area contributed by atoms with Crippen molar-refractivity contribution in [2.45, 2.75) is 11.5 Å². The molecule has 148 valence electrons. The monoisotopic (exact) mass is 402 g/mol. The summed E-state index contributed by atoms with van der Waals surface area (Å²) in [7, 11) is 3.71. The molecule has 0 atom stereocenters. The first-order chi connectivity index (χ1) is 13.6. The minimum absolute atomic E-state index is 0.477. The van der Waals surface area contributed by atoms with Gasteiger partial charge in [0.2, 0.25) is 0 Å². The number of nitrogens with one attached hydrogen (secondary N) is 2. The van der Waals surface area contributed by atoms with E-state index in [2.05, 4.69) is 17.5 Å². The minimum atomic E-state index is -0.603. The van der Waals surface area contributed by atoms with Crippen LogP contribution in [0, 0.1) is 0 Å². The zero-order valence-corrected chi connectivity index (χ0v) is 16.8. The number of piperazine rings is 1. The second-order valence-electron chi connectivity index (χ2n) is 7.08. The number of nitrogens with zero attached hydrogens (tertiary/aromatic N) is 3. The van der Waals surface area contributed by atoms with Gasteiger partial charge in [0.25, 0.3) is 0 Å². The number of likely N-dealkylation sites (N-methyl/N-ethyl adjacent to an activating group) is 1. The number of methoxy groups -OCH3 is 1. The van der Waals surface area contributed by atoms with Gasteiger partial charge in [-0.05, 0) is 24.3 Å². The van der Waals surface area contributed by atoms with E-state index in [9.17, 15) is 9.59 Å². The lowest BCUT2D eigenvalue weighted by molar-refractivity contribution is -0.883. The van der Waals surface area contributed by atoms with E-state index in [0.717, 1.165) is 47.3 Å². The van der Waals surface area contributed by atoms with Gasteiger partial charge in [-0.1, -0.05) is 0 Å². The van der Waals surface area contributed by atoms with Crippen LogP contribution >= 0.6 is 11.8 Å². The second-order valence-corrected chi connectivity index (χ2v) is 8.07. The Labute approximate surface area is 167 Å².